The van der Waals surface area contributed by atoms with Crippen LogP contribution in [0.5, 0.6) is 0 Å². The van der Waals surface area contributed by atoms with Crippen molar-refractivity contribution in [3.63, 3.8) is 0 Å². The maximum absolute atomic E-state index is 4.47. The van der Waals surface area contributed by atoms with Crippen LogP contribution in [0.4, 0.5) is 0 Å². The molecule has 1 aromatic carbocycles. The number of hydrogen-bond acceptors (Lipinski definition) is 3. The molecular formula is C16H20N2S. The van der Waals surface area contributed by atoms with E-state index in [4.69, 9.17) is 0 Å². The molecule has 0 spiro atoms. The Morgan fingerprint density at radius 2 is 2.26 bits per heavy atom. The van der Waals surface area contributed by atoms with Crippen LogP contribution in [0.15, 0.2) is 36.5 Å². The molecule has 0 bridgehead atoms. The van der Waals surface area contributed by atoms with Crippen LogP contribution < -0.4 is 5.32 Å². The van der Waals surface area contributed by atoms with E-state index in [0.717, 1.165) is 5.52 Å². The summed E-state index contributed by atoms with van der Waals surface area (Å²) >= 11 is 2.11. The van der Waals surface area contributed by atoms with Crippen LogP contribution in [0.2, 0.25) is 0 Å². The highest BCUT2D eigenvalue weighted by Crippen LogP contribution is 2.35. The van der Waals surface area contributed by atoms with Crippen LogP contribution in [-0.2, 0) is 0 Å². The smallest absolute Gasteiger partial charge is 0.0705 e. The summed E-state index contributed by atoms with van der Waals surface area (Å²) in [5, 5.41) is 5.42. The van der Waals surface area contributed by atoms with Gasteiger partial charge in [-0.25, -0.2) is 0 Å². The lowest BCUT2D eigenvalue weighted by Gasteiger charge is -2.30. The van der Waals surface area contributed by atoms with Crippen LogP contribution >= 0.6 is 11.8 Å². The second-order valence-corrected chi connectivity index (χ2v) is 6.47. The van der Waals surface area contributed by atoms with Crippen LogP contribution in [-0.4, -0.2) is 23.0 Å². The van der Waals surface area contributed by atoms with E-state index in [1.807, 2.05) is 12.3 Å². The molecule has 1 fully saturated rings. The Labute approximate surface area is 119 Å². The van der Waals surface area contributed by atoms with Crippen molar-refractivity contribution in [1.82, 2.24) is 10.3 Å². The largest absolute Gasteiger partial charge is 0.312 e. The number of rotatable bonds is 3. The first-order valence-corrected chi connectivity index (χ1v) is 8.07. The fraction of sp³-hybridized carbons (Fsp3) is 0.438. The van der Waals surface area contributed by atoms with Gasteiger partial charge in [-0.05, 0) is 43.3 Å². The van der Waals surface area contributed by atoms with Gasteiger partial charge >= 0.3 is 0 Å². The number of benzene rings is 1. The Balaban J connectivity index is 1.91. The van der Waals surface area contributed by atoms with E-state index < -0.39 is 0 Å². The predicted molar refractivity (Wildman–Crippen MR) is 83.6 cm³/mol. The first kappa shape index (κ1) is 12.9. The van der Waals surface area contributed by atoms with E-state index in [2.05, 4.69) is 53.4 Å². The Morgan fingerprint density at radius 3 is 3.05 bits per heavy atom. The average Bonchev–Trinajstić information content (AvgIpc) is 2.49. The first-order valence-electron chi connectivity index (χ1n) is 7.02. The van der Waals surface area contributed by atoms with Gasteiger partial charge in [-0.15, -0.1) is 0 Å². The molecule has 2 nitrogen and oxygen atoms in total. The highest BCUT2D eigenvalue weighted by atomic mass is 32.2. The zero-order chi connectivity index (χ0) is 13.1. The normalized spacial score (nSPS) is 21.4. The molecule has 0 amide bonds. The molecule has 3 heteroatoms. The summed E-state index contributed by atoms with van der Waals surface area (Å²) in [7, 11) is 2.07. The van der Waals surface area contributed by atoms with Crippen molar-refractivity contribution in [3.8, 4) is 0 Å². The molecule has 1 saturated heterocycles. The lowest BCUT2D eigenvalue weighted by molar-refractivity contribution is 0.516. The molecule has 1 aliphatic heterocycles. The summed E-state index contributed by atoms with van der Waals surface area (Å²) in [6, 6.07) is 11.2. The average molecular weight is 272 g/mol. The molecule has 0 saturated carbocycles. The van der Waals surface area contributed by atoms with Gasteiger partial charge in [0.2, 0.25) is 0 Å². The van der Waals surface area contributed by atoms with Gasteiger partial charge in [-0.3, -0.25) is 4.98 Å². The van der Waals surface area contributed by atoms with Gasteiger partial charge in [0, 0.05) is 22.9 Å². The molecule has 2 unspecified atom stereocenters. The number of nitrogens with zero attached hydrogens (tertiary/aromatic N) is 1. The molecule has 19 heavy (non-hydrogen) atoms. The highest BCUT2D eigenvalue weighted by molar-refractivity contribution is 8.00. The Hall–Kier alpha value is -1.06. The molecular weight excluding hydrogens is 252 g/mol. The topological polar surface area (TPSA) is 24.9 Å². The minimum atomic E-state index is 0.441. The van der Waals surface area contributed by atoms with Crippen LogP contribution in [0.3, 0.4) is 0 Å². The van der Waals surface area contributed by atoms with Crippen LogP contribution in [0, 0.1) is 0 Å². The van der Waals surface area contributed by atoms with Gasteiger partial charge < -0.3 is 5.32 Å². The summed E-state index contributed by atoms with van der Waals surface area (Å²) in [6.45, 7) is 0. The molecule has 0 aliphatic carbocycles. The summed E-state index contributed by atoms with van der Waals surface area (Å²) in [4.78, 5) is 4.47. The number of hydrogen-bond donors (Lipinski definition) is 1. The van der Waals surface area contributed by atoms with E-state index in [-0.39, 0.29) is 0 Å². The third-order valence-electron chi connectivity index (χ3n) is 3.89. The van der Waals surface area contributed by atoms with Crippen molar-refractivity contribution in [1.29, 1.82) is 0 Å². The Morgan fingerprint density at radius 1 is 1.32 bits per heavy atom. The van der Waals surface area contributed by atoms with E-state index in [0.29, 0.717) is 11.3 Å². The van der Waals surface area contributed by atoms with Crippen molar-refractivity contribution in [2.45, 2.75) is 30.6 Å². The highest BCUT2D eigenvalue weighted by Gasteiger charge is 2.24. The van der Waals surface area contributed by atoms with Crippen molar-refractivity contribution >= 4 is 22.7 Å². The fourth-order valence-electron chi connectivity index (χ4n) is 2.87. The summed E-state index contributed by atoms with van der Waals surface area (Å²) in [5.74, 6) is 1.30. The first-order chi connectivity index (χ1) is 9.38. The molecule has 100 valence electrons. The minimum absolute atomic E-state index is 0.441. The third kappa shape index (κ3) is 2.77. The van der Waals surface area contributed by atoms with Crippen molar-refractivity contribution in [2.75, 3.05) is 12.8 Å². The summed E-state index contributed by atoms with van der Waals surface area (Å²) in [5.41, 5.74) is 2.47. The van der Waals surface area contributed by atoms with Crippen LogP contribution in [0.1, 0.15) is 30.9 Å². The number of thioether (sulfide) groups is 1. The second kappa shape index (κ2) is 5.93. The van der Waals surface area contributed by atoms with E-state index in [9.17, 15) is 0 Å². The monoisotopic (exact) mass is 272 g/mol. The molecule has 1 N–H and O–H groups in total. The second-order valence-electron chi connectivity index (χ2n) is 5.13. The standard InChI is InChI=1S/C16H20N2S/c1-17-16(15-6-2-3-10-19-15)13-8-7-12-5-4-9-18-14(12)11-13/h4-5,7-9,11,15-17H,2-3,6,10H2,1H3. The fourth-order valence-corrected chi connectivity index (χ4v) is 4.37. The summed E-state index contributed by atoms with van der Waals surface area (Å²) < 4.78 is 0. The molecule has 2 heterocycles. The maximum atomic E-state index is 4.47. The van der Waals surface area contributed by atoms with E-state index in [1.54, 1.807) is 0 Å². The number of aromatic nitrogens is 1. The summed E-state index contributed by atoms with van der Waals surface area (Å²) in [6.07, 6.45) is 5.92. The van der Waals surface area contributed by atoms with Gasteiger partial charge in [0.15, 0.2) is 0 Å². The van der Waals surface area contributed by atoms with Crippen molar-refractivity contribution < 1.29 is 0 Å². The molecule has 1 aliphatic rings. The maximum Gasteiger partial charge on any atom is 0.0705 e. The number of pyridine rings is 1. The third-order valence-corrected chi connectivity index (χ3v) is 5.35. The number of fused-ring (bicyclic) bond motifs is 1. The van der Waals surface area contributed by atoms with Gasteiger partial charge in [0.1, 0.15) is 0 Å². The van der Waals surface area contributed by atoms with Crippen molar-refractivity contribution in [3.05, 3.63) is 42.1 Å². The van der Waals surface area contributed by atoms with E-state index >= 15 is 0 Å². The zero-order valence-electron chi connectivity index (χ0n) is 11.3. The Bertz CT molecular complexity index is 549. The number of nitrogens with one attached hydrogen (secondary N) is 1. The molecule has 2 aromatic rings. The van der Waals surface area contributed by atoms with Crippen LogP contribution in [0.25, 0.3) is 10.9 Å². The van der Waals surface area contributed by atoms with Gasteiger partial charge in [-0.2, -0.15) is 11.8 Å². The molecule has 0 radical (unpaired) electrons. The lowest BCUT2D eigenvalue weighted by atomic mass is 9.98. The van der Waals surface area contributed by atoms with E-state index in [1.165, 1.54) is 36.0 Å². The SMILES string of the molecule is CNC(c1ccc2cccnc2c1)C1CCCCS1. The molecule has 1 aromatic heterocycles. The minimum Gasteiger partial charge on any atom is -0.312 e. The van der Waals surface area contributed by atoms with Gasteiger partial charge in [-0.1, -0.05) is 24.6 Å². The predicted octanol–water partition coefficient (Wildman–Crippen LogP) is 3.78. The zero-order valence-corrected chi connectivity index (χ0v) is 12.1. The quantitative estimate of drug-likeness (QED) is 0.920. The van der Waals surface area contributed by atoms with Crippen molar-refractivity contribution in [2.24, 2.45) is 0 Å². The molecule has 2 atom stereocenters. The van der Waals surface area contributed by atoms with Gasteiger partial charge in [0.25, 0.3) is 0 Å². The Kier molecular flexibility index (Phi) is 4.04. The lowest BCUT2D eigenvalue weighted by Crippen LogP contribution is -2.29. The van der Waals surface area contributed by atoms with Gasteiger partial charge in [0.05, 0.1) is 5.52 Å². The molecule has 3 rings (SSSR count).